The maximum absolute atomic E-state index is 12.4. The first kappa shape index (κ1) is 13.2. The lowest BCUT2D eigenvalue weighted by Crippen LogP contribution is -2.34. The van der Waals surface area contributed by atoms with E-state index >= 15 is 0 Å². The third kappa shape index (κ3) is 2.87. The Morgan fingerprint density at radius 3 is 2.84 bits per heavy atom. The Balaban J connectivity index is 1.67. The quantitative estimate of drug-likeness (QED) is 0.924. The second-order valence-corrected chi connectivity index (χ2v) is 6.44. The molecule has 0 saturated heterocycles. The molecule has 0 radical (unpaired) electrons. The topological polar surface area (TPSA) is 43.3 Å². The molecule has 0 aliphatic heterocycles. The highest BCUT2D eigenvalue weighted by molar-refractivity contribution is 9.10. The second kappa shape index (κ2) is 5.29. The lowest BCUT2D eigenvalue weighted by molar-refractivity contribution is 0.0906. The van der Waals surface area contributed by atoms with E-state index in [4.69, 9.17) is 4.74 Å². The molecule has 2 fully saturated rings. The van der Waals surface area contributed by atoms with Gasteiger partial charge in [-0.15, -0.1) is 0 Å². The van der Waals surface area contributed by atoms with Crippen LogP contribution < -0.4 is 5.32 Å². The fourth-order valence-electron chi connectivity index (χ4n) is 2.83. The second-order valence-electron chi connectivity index (χ2n) is 5.52. The van der Waals surface area contributed by atoms with E-state index in [0.717, 1.165) is 29.4 Å². The summed E-state index contributed by atoms with van der Waals surface area (Å²) < 4.78 is 8.42. The molecule has 0 aromatic carbocycles. The monoisotopic (exact) mass is 326 g/mol. The van der Waals surface area contributed by atoms with E-state index in [1.54, 1.807) is 7.11 Å². The average Bonchev–Trinajstić information content (AvgIpc) is 3.01. The fraction of sp³-hybridized carbons (Fsp3) is 0.643. The predicted molar refractivity (Wildman–Crippen MR) is 76.3 cm³/mol. The molecule has 2 aliphatic rings. The normalized spacial score (nSPS) is 26.6. The van der Waals surface area contributed by atoms with Crippen molar-refractivity contribution in [2.75, 3.05) is 7.11 Å². The highest BCUT2D eigenvalue weighted by Gasteiger charge is 2.30. The molecule has 1 aromatic rings. The van der Waals surface area contributed by atoms with Crippen molar-refractivity contribution in [1.82, 2.24) is 9.88 Å². The molecule has 1 N–H and O–H groups in total. The van der Waals surface area contributed by atoms with E-state index in [0.29, 0.717) is 12.1 Å². The van der Waals surface area contributed by atoms with Crippen LogP contribution in [-0.2, 0) is 4.74 Å². The van der Waals surface area contributed by atoms with E-state index in [1.807, 2.05) is 12.3 Å². The van der Waals surface area contributed by atoms with E-state index in [2.05, 4.69) is 25.8 Å². The zero-order chi connectivity index (χ0) is 13.4. The molecule has 0 bridgehead atoms. The van der Waals surface area contributed by atoms with Crippen LogP contribution in [0.1, 0.15) is 48.6 Å². The molecule has 3 rings (SSSR count). The number of carbonyl (C=O) groups is 1. The molecule has 2 aliphatic carbocycles. The number of amides is 1. The number of carbonyl (C=O) groups excluding carboxylic acids is 1. The van der Waals surface area contributed by atoms with Crippen molar-refractivity contribution in [1.29, 1.82) is 0 Å². The molecule has 19 heavy (non-hydrogen) atoms. The molecule has 4 nitrogen and oxygen atoms in total. The van der Waals surface area contributed by atoms with Crippen LogP contribution in [0.15, 0.2) is 16.7 Å². The zero-order valence-corrected chi connectivity index (χ0v) is 12.6. The number of hydrogen-bond donors (Lipinski definition) is 1. The van der Waals surface area contributed by atoms with Crippen molar-refractivity contribution in [3.63, 3.8) is 0 Å². The van der Waals surface area contributed by atoms with Crippen molar-refractivity contribution in [2.24, 2.45) is 0 Å². The Hall–Kier alpha value is -0.810. The Bertz CT molecular complexity index is 482. The molecular weight excluding hydrogens is 308 g/mol. The summed E-state index contributed by atoms with van der Waals surface area (Å²) in [5.41, 5.74) is 0.773. The Kier molecular flexibility index (Phi) is 3.67. The summed E-state index contributed by atoms with van der Waals surface area (Å²) in [6.45, 7) is 0. The molecular formula is C14H19BrN2O2. The van der Waals surface area contributed by atoms with Gasteiger partial charge in [0.2, 0.25) is 0 Å². The van der Waals surface area contributed by atoms with Gasteiger partial charge in [-0.25, -0.2) is 0 Å². The molecule has 5 heteroatoms. The van der Waals surface area contributed by atoms with Gasteiger partial charge in [-0.1, -0.05) is 0 Å². The highest BCUT2D eigenvalue weighted by atomic mass is 79.9. The first-order chi connectivity index (χ1) is 9.17. The smallest absolute Gasteiger partial charge is 0.268 e. The summed E-state index contributed by atoms with van der Waals surface area (Å²) in [5, 5.41) is 3.14. The number of aromatic nitrogens is 1. The number of methoxy groups -OCH3 is 1. The minimum absolute atomic E-state index is 0.0411. The molecule has 1 heterocycles. The lowest BCUT2D eigenvalue weighted by atomic mass is 10.2. The molecule has 1 amide bonds. The van der Waals surface area contributed by atoms with Gasteiger partial charge in [-0.3, -0.25) is 4.79 Å². The van der Waals surface area contributed by atoms with Gasteiger partial charge in [-0.05, 0) is 54.1 Å². The van der Waals surface area contributed by atoms with Crippen LogP contribution in [0.5, 0.6) is 0 Å². The van der Waals surface area contributed by atoms with Crippen molar-refractivity contribution in [2.45, 2.75) is 50.3 Å². The maximum Gasteiger partial charge on any atom is 0.268 e. The summed E-state index contributed by atoms with van der Waals surface area (Å²) in [7, 11) is 1.74. The largest absolute Gasteiger partial charge is 0.381 e. The summed E-state index contributed by atoms with van der Waals surface area (Å²) in [4.78, 5) is 12.4. The van der Waals surface area contributed by atoms with Crippen LogP contribution in [0.25, 0.3) is 0 Å². The van der Waals surface area contributed by atoms with E-state index in [-0.39, 0.29) is 11.9 Å². The summed E-state index contributed by atoms with van der Waals surface area (Å²) >= 11 is 3.46. The number of ether oxygens (including phenoxy) is 1. The minimum atomic E-state index is 0.0411. The number of nitrogens with zero attached hydrogens (tertiary/aromatic N) is 1. The van der Waals surface area contributed by atoms with Crippen LogP contribution in [0.3, 0.4) is 0 Å². The fourth-order valence-corrected chi connectivity index (χ4v) is 3.26. The third-order valence-corrected chi connectivity index (χ3v) is 4.47. The van der Waals surface area contributed by atoms with Crippen molar-refractivity contribution < 1.29 is 9.53 Å². The third-order valence-electron chi connectivity index (χ3n) is 4.04. The van der Waals surface area contributed by atoms with Gasteiger partial charge in [0.15, 0.2) is 0 Å². The first-order valence-corrected chi connectivity index (χ1v) is 7.67. The van der Waals surface area contributed by atoms with Gasteiger partial charge >= 0.3 is 0 Å². The Morgan fingerprint density at radius 2 is 2.21 bits per heavy atom. The number of rotatable bonds is 4. The number of halogens is 1. The predicted octanol–water partition coefficient (Wildman–Crippen LogP) is 2.88. The lowest BCUT2D eigenvalue weighted by Gasteiger charge is -2.14. The van der Waals surface area contributed by atoms with Crippen LogP contribution in [-0.4, -0.2) is 29.7 Å². The van der Waals surface area contributed by atoms with Gasteiger partial charge < -0.3 is 14.6 Å². The van der Waals surface area contributed by atoms with Gasteiger partial charge in [0.05, 0.1) is 6.10 Å². The van der Waals surface area contributed by atoms with Gasteiger partial charge in [0.25, 0.3) is 5.91 Å². The van der Waals surface area contributed by atoms with E-state index in [9.17, 15) is 4.79 Å². The van der Waals surface area contributed by atoms with Gasteiger partial charge in [0.1, 0.15) is 5.69 Å². The molecule has 2 unspecified atom stereocenters. The minimum Gasteiger partial charge on any atom is -0.381 e. The van der Waals surface area contributed by atoms with Gasteiger partial charge in [0, 0.05) is 29.9 Å². The molecule has 2 atom stereocenters. The van der Waals surface area contributed by atoms with Crippen molar-refractivity contribution in [3.05, 3.63) is 22.4 Å². The molecule has 0 spiro atoms. The highest BCUT2D eigenvalue weighted by Crippen LogP contribution is 2.37. The number of nitrogens with one attached hydrogen (secondary N) is 1. The average molecular weight is 327 g/mol. The zero-order valence-electron chi connectivity index (χ0n) is 11.1. The Morgan fingerprint density at radius 1 is 1.42 bits per heavy atom. The summed E-state index contributed by atoms with van der Waals surface area (Å²) in [6, 6.07) is 2.68. The first-order valence-electron chi connectivity index (χ1n) is 6.88. The van der Waals surface area contributed by atoms with Crippen molar-refractivity contribution >= 4 is 21.8 Å². The van der Waals surface area contributed by atoms with E-state index < -0.39 is 0 Å². The van der Waals surface area contributed by atoms with Crippen LogP contribution in [0.2, 0.25) is 0 Å². The van der Waals surface area contributed by atoms with Gasteiger partial charge in [-0.2, -0.15) is 0 Å². The van der Waals surface area contributed by atoms with Crippen LogP contribution >= 0.6 is 15.9 Å². The molecule has 1 aromatic heterocycles. The standard InChI is InChI=1S/C14H19BrN2O2/c1-19-12-5-2-10(7-12)16-14(18)13-6-9(15)8-17(13)11-3-4-11/h6,8,10-12H,2-5,7H2,1H3,(H,16,18). The molecule has 2 saturated carbocycles. The Labute approximate surface area is 121 Å². The maximum atomic E-state index is 12.4. The summed E-state index contributed by atoms with van der Waals surface area (Å²) in [5.74, 6) is 0.0411. The SMILES string of the molecule is COC1CCC(NC(=O)c2cc(Br)cn2C2CC2)C1. The van der Waals surface area contributed by atoms with Crippen molar-refractivity contribution in [3.8, 4) is 0 Å². The van der Waals surface area contributed by atoms with E-state index in [1.165, 1.54) is 12.8 Å². The number of hydrogen-bond acceptors (Lipinski definition) is 2. The van der Waals surface area contributed by atoms with Crippen LogP contribution in [0.4, 0.5) is 0 Å². The summed E-state index contributed by atoms with van der Waals surface area (Å²) in [6.07, 6.45) is 7.64. The molecule has 104 valence electrons. The van der Waals surface area contributed by atoms with Crippen LogP contribution in [0, 0.1) is 0 Å².